The van der Waals surface area contributed by atoms with Crippen LogP contribution in [0.15, 0.2) is 18.2 Å². The van der Waals surface area contributed by atoms with Crippen molar-refractivity contribution in [3.8, 4) is 0 Å². The van der Waals surface area contributed by atoms with Gasteiger partial charge >= 0.3 is 0 Å². The Morgan fingerprint density at radius 2 is 2.33 bits per heavy atom. The summed E-state index contributed by atoms with van der Waals surface area (Å²) in [6.07, 6.45) is 0.240. The third-order valence-corrected chi connectivity index (χ3v) is 5.18. The Bertz CT molecular complexity index is 774. The molecule has 0 radical (unpaired) electrons. The maximum Gasteiger partial charge on any atom is 0.231 e. The number of thiazole rings is 1. The number of methoxy groups -OCH3 is 1. The Hall–Kier alpha value is -1.99. The first-order chi connectivity index (χ1) is 11.5. The molecule has 3 rings (SSSR count). The molecule has 0 unspecified atom stereocenters. The molecule has 7 heteroatoms. The SMILES string of the molecule is COC[C@@H](C)N1C[C@H](C(=O)Nc2nc3ccc(C)cc3s2)CC1=O. The van der Waals surface area contributed by atoms with Crippen molar-refractivity contribution in [3.05, 3.63) is 23.8 Å². The van der Waals surface area contributed by atoms with E-state index in [2.05, 4.69) is 16.4 Å². The van der Waals surface area contributed by atoms with Crippen LogP contribution in [-0.4, -0.2) is 48.0 Å². The van der Waals surface area contributed by atoms with Crippen molar-refractivity contribution in [1.82, 2.24) is 9.88 Å². The summed E-state index contributed by atoms with van der Waals surface area (Å²) in [6.45, 7) is 4.85. The van der Waals surface area contributed by atoms with Gasteiger partial charge in [0.1, 0.15) is 0 Å². The molecule has 1 aromatic carbocycles. The Labute approximate surface area is 144 Å². The molecular formula is C17H21N3O3S. The first-order valence-corrected chi connectivity index (χ1v) is 8.76. The largest absolute Gasteiger partial charge is 0.383 e. The molecule has 0 saturated carbocycles. The number of carbonyl (C=O) groups excluding carboxylic acids is 2. The molecule has 1 N–H and O–H groups in total. The van der Waals surface area contributed by atoms with Crippen LogP contribution in [0, 0.1) is 12.8 Å². The van der Waals surface area contributed by atoms with Crippen LogP contribution in [0.5, 0.6) is 0 Å². The third kappa shape index (κ3) is 3.42. The normalized spacial score (nSPS) is 19.0. The van der Waals surface area contributed by atoms with E-state index >= 15 is 0 Å². The molecule has 2 aromatic rings. The molecule has 1 fully saturated rings. The van der Waals surface area contributed by atoms with E-state index in [1.807, 2.05) is 26.0 Å². The topological polar surface area (TPSA) is 71.5 Å². The zero-order valence-electron chi connectivity index (χ0n) is 14.0. The fourth-order valence-electron chi connectivity index (χ4n) is 2.96. The minimum Gasteiger partial charge on any atom is -0.383 e. The highest BCUT2D eigenvalue weighted by atomic mass is 32.1. The highest BCUT2D eigenvalue weighted by Crippen LogP contribution is 2.28. The second-order valence-electron chi connectivity index (χ2n) is 6.23. The van der Waals surface area contributed by atoms with Crippen LogP contribution in [0.2, 0.25) is 0 Å². The van der Waals surface area contributed by atoms with E-state index in [0.717, 1.165) is 15.8 Å². The van der Waals surface area contributed by atoms with Gasteiger partial charge in [0.2, 0.25) is 11.8 Å². The van der Waals surface area contributed by atoms with Crippen LogP contribution in [-0.2, 0) is 14.3 Å². The number of rotatable bonds is 5. The minimum atomic E-state index is -0.342. The summed E-state index contributed by atoms with van der Waals surface area (Å²) >= 11 is 1.45. The third-order valence-electron chi connectivity index (χ3n) is 4.24. The number of nitrogens with one attached hydrogen (secondary N) is 1. The smallest absolute Gasteiger partial charge is 0.231 e. The molecule has 24 heavy (non-hydrogen) atoms. The number of carbonyl (C=O) groups is 2. The van der Waals surface area contributed by atoms with E-state index in [1.54, 1.807) is 12.0 Å². The van der Waals surface area contributed by atoms with Gasteiger partial charge in [-0.3, -0.25) is 9.59 Å². The number of fused-ring (bicyclic) bond motifs is 1. The Morgan fingerprint density at radius 1 is 1.54 bits per heavy atom. The van der Waals surface area contributed by atoms with E-state index in [4.69, 9.17) is 4.74 Å². The van der Waals surface area contributed by atoms with Crippen LogP contribution in [0.3, 0.4) is 0 Å². The zero-order valence-corrected chi connectivity index (χ0v) is 14.9. The standard InChI is InChI=1S/C17H21N3O3S/c1-10-4-5-13-14(6-10)24-17(18-13)19-16(22)12-7-15(21)20(8-12)11(2)9-23-3/h4-6,11-12H,7-9H2,1-3H3,(H,18,19,22)/t11-,12-/m1/s1. The molecule has 0 aliphatic carbocycles. The van der Waals surface area contributed by atoms with E-state index in [0.29, 0.717) is 18.3 Å². The number of aryl methyl sites for hydroxylation is 1. The molecule has 1 aliphatic heterocycles. The van der Waals surface area contributed by atoms with Crippen LogP contribution >= 0.6 is 11.3 Å². The summed E-state index contributed by atoms with van der Waals surface area (Å²) in [7, 11) is 1.61. The number of likely N-dealkylation sites (tertiary alicyclic amines) is 1. The van der Waals surface area contributed by atoms with Gasteiger partial charge in [0, 0.05) is 20.1 Å². The maximum absolute atomic E-state index is 12.5. The molecule has 6 nitrogen and oxygen atoms in total. The molecule has 1 saturated heterocycles. The lowest BCUT2D eigenvalue weighted by atomic mass is 10.1. The molecule has 128 valence electrons. The van der Waals surface area contributed by atoms with E-state index in [-0.39, 0.29) is 30.2 Å². The minimum absolute atomic E-state index is 0.000348. The number of nitrogens with zero attached hydrogens (tertiary/aromatic N) is 2. The van der Waals surface area contributed by atoms with Crippen molar-refractivity contribution in [2.45, 2.75) is 26.3 Å². The van der Waals surface area contributed by atoms with Crippen molar-refractivity contribution in [1.29, 1.82) is 0 Å². The first kappa shape index (κ1) is 16.9. The average Bonchev–Trinajstić information content (AvgIpc) is 3.10. The maximum atomic E-state index is 12.5. The summed E-state index contributed by atoms with van der Waals surface area (Å²) in [5.41, 5.74) is 2.03. The van der Waals surface area contributed by atoms with Gasteiger partial charge in [-0.2, -0.15) is 0 Å². The Balaban J connectivity index is 1.67. The van der Waals surface area contributed by atoms with Crippen LogP contribution < -0.4 is 5.32 Å². The van der Waals surface area contributed by atoms with Gasteiger partial charge in [-0.05, 0) is 31.5 Å². The van der Waals surface area contributed by atoms with Crippen molar-refractivity contribution in [2.24, 2.45) is 5.92 Å². The number of amides is 2. The zero-order chi connectivity index (χ0) is 17.3. The summed E-state index contributed by atoms with van der Waals surface area (Å²) < 4.78 is 6.14. The van der Waals surface area contributed by atoms with E-state index in [1.165, 1.54) is 11.3 Å². The first-order valence-electron chi connectivity index (χ1n) is 7.94. The van der Waals surface area contributed by atoms with Gasteiger partial charge in [-0.25, -0.2) is 4.98 Å². The lowest BCUT2D eigenvalue weighted by molar-refractivity contribution is -0.130. The second-order valence-corrected chi connectivity index (χ2v) is 7.26. The van der Waals surface area contributed by atoms with Crippen molar-refractivity contribution >= 4 is 38.5 Å². The van der Waals surface area contributed by atoms with Gasteiger partial charge < -0.3 is 15.0 Å². The van der Waals surface area contributed by atoms with Gasteiger partial charge in [0.25, 0.3) is 0 Å². The van der Waals surface area contributed by atoms with Crippen molar-refractivity contribution in [3.63, 3.8) is 0 Å². The number of benzene rings is 1. The summed E-state index contributed by atoms with van der Waals surface area (Å²) in [6, 6.07) is 5.98. The molecular weight excluding hydrogens is 326 g/mol. The monoisotopic (exact) mass is 347 g/mol. The second kappa shape index (κ2) is 6.86. The number of ether oxygens (including phenoxy) is 1. The molecule has 1 aliphatic rings. The predicted octanol–water partition coefficient (Wildman–Crippen LogP) is 2.43. The summed E-state index contributed by atoms with van der Waals surface area (Å²) in [5.74, 6) is -0.489. The molecule has 2 heterocycles. The number of hydrogen-bond acceptors (Lipinski definition) is 5. The summed E-state index contributed by atoms with van der Waals surface area (Å²) in [4.78, 5) is 30.7. The van der Waals surface area contributed by atoms with Crippen molar-refractivity contribution < 1.29 is 14.3 Å². The quantitative estimate of drug-likeness (QED) is 0.902. The fourth-order valence-corrected chi connectivity index (χ4v) is 3.92. The van der Waals surface area contributed by atoms with Crippen LogP contribution in [0.1, 0.15) is 18.9 Å². The molecule has 1 aromatic heterocycles. The van der Waals surface area contributed by atoms with Crippen LogP contribution in [0.25, 0.3) is 10.2 Å². The van der Waals surface area contributed by atoms with Gasteiger partial charge in [0.05, 0.1) is 28.8 Å². The highest BCUT2D eigenvalue weighted by Gasteiger charge is 2.36. The average molecular weight is 347 g/mol. The summed E-state index contributed by atoms with van der Waals surface area (Å²) in [5, 5.41) is 3.44. The van der Waals surface area contributed by atoms with Gasteiger partial charge in [-0.15, -0.1) is 0 Å². The molecule has 2 amide bonds. The molecule has 2 atom stereocenters. The fraction of sp³-hybridized carbons (Fsp3) is 0.471. The van der Waals surface area contributed by atoms with E-state index in [9.17, 15) is 9.59 Å². The Kier molecular flexibility index (Phi) is 4.82. The van der Waals surface area contributed by atoms with E-state index < -0.39 is 0 Å². The molecule has 0 bridgehead atoms. The van der Waals surface area contributed by atoms with Crippen LogP contribution in [0.4, 0.5) is 5.13 Å². The van der Waals surface area contributed by atoms with Gasteiger partial charge in [0.15, 0.2) is 5.13 Å². The predicted molar refractivity (Wildman–Crippen MR) is 94.1 cm³/mol. The number of anilines is 1. The highest BCUT2D eigenvalue weighted by molar-refractivity contribution is 7.22. The van der Waals surface area contributed by atoms with Gasteiger partial charge in [-0.1, -0.05) is 17.4 Å². The number of hydrogen-bond donors (Lipinski definition) is 1. The van der Waals surface area contributed by atoms with Crippen molar-refractivity contribution in [2.75, 3.05) is 25.6 Å². The lowest BCUT2D eigenvalue weighted by Gasteiger charge is -2.23. The number of aromatic nitrogens is 1. The Morgan fingerprint density at radius 3 is 3.08 bits per heavy atom. The molecule has 0 spiro atoms. The lowest BCUT2D eigenvalue weighted by Crippen LogP contribution is -2.38.